The number of carbonyl (C=O) groups excluding carboxylic acids is 2. The van der Waals surface area contributed by atoms with Crippen molar-refractivity contribution >= 4 is 38.3 Å². The zero-order chi connectivity index (χ0) is 28.0. The van der Waals surface area contributed by atoms with Crippen molar-refractivity contribution in [2.75, 3.05) is 37.4 Å². The third kappa shape index (κ3) is 6.87. The minimum absolute atomic E-state index is 0.0364. The zero-order valence-corrected chi connectivity index (χ0v) is 22.9. The molecule has 3 aromatic rings. The van der Waals surface area contributed by atoms with Crippen molar-refractivity contribution in [2.24, 2.45) is 0 Å². The first-order chi connectivity index (χ1) is 18.7. The topological polar surface area (TPSA) is 99.7 Å². The van der Waals surface area contributed by atoms with Gasteiger partial charge in [0.15, 0.2) is 5.78 Å². The molecule has 1 aliphatic heterocycles. The number of pyridine rings is 1. The summed E-state index contributed by atoms with van der Waals surface area (Å²) in [6.07, 6.45) is 7.06. The van der Waals surface area contributed by atoms with Crippen LogP contribution in [0.15, 0.2) is 102 Å². The lowest BCUT2D eigenvalue weighted by molar-refractivity contribution is -0.113. The van der Waals surface area contributed by atoms with Crippen LogP contribution in [0.2, 0.25) is 0 Å². The number of nitrogens with zero attached hydrogens (tertiary/aromatic N) is 3. The van der Waals surface area contributed by atoms with Crippen molar-refractivity contribution in [3.63, 3.8) is 0 Å². The van der Waals surface area contributed by atoms with Gasteiger partial charge in [0.1, 0.15) is 4.90 Å². The largest absolute Gasteiger partial charge is 0.336 e. The zero-order valence-electron chi connectivity index (χ0n) is 22.1. The van der Waals surface area contributed by atoms with E-state index >= 15 is 0 Å². The molecule has 2 heterocycles. The summed E-state index contributed by atoms with van der Waals surface area (Å²) in [4.78, 5) is 32.9. The number of anilines is 1. The van der Waals surface area contributed by atoms with Crippen LogP contribution >= 0.6 is 0 Å². The van der Waals surface area contributed by atoms with Gasteiger partial charge in [0, 0.05) is 55.6 Å². The minimum atomic E-state index is -3.87. The summed E-state index contributed by atoms with van der Waals surface area (Å²) in [6.45, 7) is 10.5. The van der Waals surface area contributed by atoms with Gasteiger partial charge in [-0.1, -0.05) is 43.0 Å². The molecule has 0 saturated carbocycles. The fourth-order valence-corrected chi connectivity index (χ4v) is 5.51. The molecule has 0 aliphatic carbocycles. The molecule has 1 N–H and O–H groups in total. The molecule has 1 aromatic heterocycles. The predicted molar refractivity (Wildman–Crippen MR) is 154 cm³/mol. The Labute approximate surface area is 229 Å². The lowest BCUT2D eigenvalue weighted by Crippen LogP contribution is -2.49. The standard InChI is InChI=1S/C30H32N4O4S/c1-4-24(11-10-22(2)23(3)35)21-33-17-19-34(20-18-33)30(36)26-12-14-27(15-13-26)32-39(37,38)28-9-5-7-25-8-6-16-31-29(25)28/h4-16,32H,1,17-21H2,2-3H3/b22-10+,24-11+. The molecule has 1 amide bonds. The van der Waals surface area contributed by atoms with Crippen LogP contribution in [0.3, 0.4) is 0 Å². The number of ketones is 1. The van der Waals surface area contributed by atoms with Crippen LogP contribution in [-0.4, -0.2) is 67.6 Å². The Bertz CT molecular complexity index is 1550. The first-order valence-corrected chi connectivity index (χ1v) is 14.2. The Balaban J connectivity index is 1.36. The number of fused-ring (bicyclic) bond motifs is 1. The van der Waals surface area contributed by atoms with Crippen molar-refractivity contribution < 1.29 is 18.0 Å². The molecule has 9 heteroatoms. The van der Waals surface area contributed by atoms with Crippen LogP contribution in [0.5, 0.6) is 0 Å². The first-order valence-electron chi connectivity index (χ1n) is 12.7. The van der Waals surface area contributed by atoms with E-state index in [0.29, 0.717) is 55.1 Å². The maximum Gasteiger partial charge on any atom is 0.264 e. The van der Waals surface area contributed by atoms with Gasteiger partial charge in [0.25, 0.3) is 15.9 Å². The molecular formula is C30H32N4O4S. The van der Waals surface area contributed by atoms with Gasteiger partial charge in [0.05, 0.1) is 5.52 Å². The number of aromatic nitrogens is 1. The van der Waals surface area contributed by atoms with Crippen LogP contribution in [0, 0.1) is 0 Å². The first kappa shape index (κ1) is 27.9. The summed E-state index contributed by atoms with van der Waals surface area (Å²) in [5.41, 5.74) is 2.95. The lowest BCUT2D eigenvalue weighted by Gasteiger charge is -2.35. The Hall–Kier alpha value is -4.08. The molecule has 2 aromatic carbocycles. The molecule has 39 heavy (non-hydrogen) atoms. The van der Waals surface area contributed by atoms with E-state index in [4.69, 9.17) is 0 Å². The number of Topliss-reactive ketones (excluding diaryl/α,β-unsaturated/α-hetero) is 1. The lowest BCUT2D eigenvalue weighted by atomic mass is 10.1. The number of benzene rings is 2. The summed E-state index contributed by atoms with van der Waals surface area (Å²) >= 11 is 0. The van der Waals surface area contributed by atoms with Crippen molar-refractivity contribution in [3.05, 3.63) is 102 Å². The van der Waals surface area contributed by atoms with Crippen molar-refractivity contribution in [3.8, 4) is 0 Å². The third-order valence-electron chi connectivity index (χ3n) is 6.70. The Morgan fingerprint density at radius 3 is 2.33 bits per heavy atom. The van der Waals surface area contributed by atoms with Gasteiger partial charge < -0.3 is 4.90 Å². The summed E-state index contributed by atoms with van der Waals surface area (Å²) in [6, 6.07) is 15.0. The normalized spacial score (nSPS) is 15.3. The van der Waals surface area contributed by atoms with E-state index in [9.17, 15) is 18.0 Å². The second-order valence-electron chi connectivity index (χ2n) is 9.43. The maximum absolute atomic E-state index is 13.1. The van der Waals surface area contributed by atoms with E-state index in [2.05, 4.69) is 21.2 Å². The highest BCUT2D eigenvalue weighted by molar-refractivity contribution is 7.93. The predicted octanol–water partition coefficient (Wildman–Crippen LogP) is 4.44. The van der Waals surface area contributed by atoms with Gasteiger partial charge in [-0.15, -0.1) is 0 Å². The van der Waals surface area contributed by atoms with Crippen LogP contribution in [0.1, 0.15) is 24.2 Å². The molecule has 0 atom stereocenters. The number of para-hydroxylation sites is 1. The Morgan fingerprint density at radius 1 is 0.974 bits per heavy atom. The number of piperazine rings is 1. The molecule has 1 fully saturated rings. The second kappa shape index (κ2) is 12.2. The number of allylic oxidation sites excluding steroid dienone is 3. The van der Waals surface area contributed by atoms with E-state index in [0.717, 1.165) is 11.0 Å². The van der Waals surface area contributed by atoms with Crippen molar-refractivity contribution in [1.29, 1.82) is 0 Å². The van der Waals surface area contributed by atoms with E-state index < -0.39 is 10.0 Å². The molecule has 202 valence electrons. The molecule has 4 rings (SSSR count). The number of sulfonamides is 1. The Kier molecular flexibility index (Phi) is 8.73. The minimum Gasteiger partial charge on any atom is -0.336 e. The molecule has 0 bridgehead atoms. The summed E-state index contributed by atoms with van der Waals surface area (Å²) < 4.78 is 28.7. The fourth-order valence-electron chi connectivity index (χ4n) is 4.27. The molecule has 0 unspecified atom stereocenters. The van der Waals surface area contributed by atoms with Gasteiger partial charge >= 0.3 is 0 Å². The molecule has 0 spiro atoms. The van der Waals surface area contributed by atoms with E-state index in [1.807, 2.05) is 24.3 Å². The van der Waals surface area contributed by atoms with Gasteiger partial charge in [-0.3, -0.25) is 24.2 Å². The number of carbonyl (C=O) groups is 2. The summed E-state index contributed by atoms with van der Waals surface area (Å²) in [5.74, 6) is -0.0591. The van der Waals surface area contributed by atoms with E-state index in [1.54, 1.807) is 67.4 Å². The summed E-state index contributed by atoms with van der Waals surface area (Å²) in [7, 11) is -3.87. The average molecular weight is 545 g/mol. The van der Waals surface area contributed by atoms with Crippen LogP contribution in [0.4, 0.5) is 5.69 Å². The molecule has 1 saturated heterocycles. The Morgan fingerprint density at radius 2 is 1.67 bits per heavy atom. The molecule has 1 aliphatic rings. The second-order valence-corrected chi connectivity index (χ2v) is 11.1. The van der Waals surface area contributed by atoms with Crippen molar-refractivity contribution in [2.45, 2.75) is 18.7 Å². The number of hydrogen-bond donors (Lipinski definition) is 1. The van der Waals surface area contributed by atoms with Gasteiger partial charge in [-0.2, -0.15) is 0 Å². The average Bonchev–Trinajstić information content (AvgIpc) is 2.94. The number of amides is 1. The van der Waals surface area contributed by atoms with Crippen LogP contribution in [0.25, 0.3) is 10.9 Å². The molecule has 8 nitrogen and oxygen atoms in total. The van der Waals surface area contributed by atoms with E-state index in [1.165, 1.54) is 6.07 Å². The maximum atomic E-state index is 13.1. The number of rotatable bonds is 9. The van der Waals surface area contributed by atoms with Gasteiger partial charge in [0.2, 0.25) is 0 Å². The summed E-state index contributed by atoms with van der Waals surface area (Å²) in [5, 5.41) is 0.734. The van der Waals surface area contributed by atoms with Crippen LogP contribution < -0.4 is 4.72 Å². The highest BCUT2D eigenvalue weighted by atomic mass is 32.2. The fraction of sp³-hybridized carbons (Fsp3) is 0.233. The smallest absolute Gasteiger partial charge is 0.264 e. The van der Waals surface area contributed by atoms with Crippen molar-refractivity contribution in [1.82, 2.24) is 14.8 Å². The number of hydrogen-bond acceptors (Lipinski definition) is 6. The molecule has 0 radical (unpaired) electrons. The third-order valence-corrected chi connectivity index (χ3v) is 8.11. The monoisotopic (exact) mass is 544 g/mol. The highest BCUT2D eigenvalue weighted by Gasteiger charge is 2.23. The van der Waals surface area contributed by atoms with Gasteiger partial charge in [-0.25, -0.2) is 8.42 Å². The molecular weight excluding hydrogens is 512 g/mol. The quantitative estimate of drug-likeness (QED) is 0.316. The van der Waals surface area contributed by atoms with Crippen LogP contribution in [-0.2, 0) is 14.8 Å². The van der Waals surface area contributed by atoms with E-state index in [-0.39, 0.29) is 16.6 Å². The SMILES string of the molecule is C=C/C(=C\C=C(/C)C(C)=O)CN1CCN(C(=O)c2ccc(NS(=O)(=O)c3cccc4cccnc34)cc2)CC1. The van der Waals surface area contributed by atoms with Gasteiger partial charge in [-0.05, 0) is 61.4 Å². The highest BCUT2D eigenvalue weighted by Crippen LogP contribution is 2.23. The number of nitrogens with one attached hydrogen (secondary N) is 1.